The summed E-state index contributed by atoms with van der Waals surface area (Å²) < 4.78 is 37.2. The van der Waals surface area contributed by atoms with E-state index in [1.54, 1.807) is 0 Å². The van der Waals surface area contributed by atoms with Gasteiger partial charge in [0.15, 0.2) is 17.3 Å². The molecule has 0 atom stereocenters. The van der Waals surface area contributed by atoms with Crippen LogP contribution in [0.15, 0.2) is 30.3 Å². The Labute approximate surface area is 120 Å². The molecule has 0 aliphatic rings. The molecule has 0 bridgehead atoms. The van der Waals surface area contributed by atoms with Crippen LogP contribution in [0, 0.1) is 11.6 Å². The lowest BCUT2D eigenvalue weighted by Gasteiger charge is -2.11. The maximum Gasteiger partial charge on any atom is 0.198 e. The summed E-state index contributed by atoms with van der Waals surface area (Å²) in [4.78, 5) is 12.3. The van der Waals surface area contributed by atoms with Crippen molar-refractivity contribution in [2.75, 3.05) is 20.0 Å². The van der Waals surface area contributed by atoms with Crippen LogP contribution < -0.4 is 15.2 Å². The minimum Gasteiger partial charge on any atom is -0.493 e. The van der Waals surface area contributed by atoms with Crippen LogP contribution in [0.25, 0.3) is 0 Å². The number of nitrogens with two attached hydrogens (primary N) is 1. The van der Waals surface area contributed by atoms with Gasteiger partial charge in [0.25, 0.3) is 0 Å². The fourth-order valence-electron chi connectivity index (χ4n) is 1.90. The number of carbonyl (C=O) groups is 1. The van der Waals surface area contributed by atoms with Crippen LogP contribution in [0.5, 0.6) is 11.5 Å². The highest BCUT2D eigenvalue weighted by Crippen LogP contribution is 2.31. The Kier molecular flexibility index (Phi) is 4.07. The third kappa shape index (κ3) is 2.79. The van der Waals surface area contributed by atoms with E-state index in [0.717, 1.165) is 18.2 Å². The Morgan fingerprint density at radius 2 is 1.62 bits per heavy atom. The lowest BCUT2D eigenvalue weighted by atomic mass is 10.0. The van der Waals surface area contributed by atoms with Crippen LogP contribution in [0.4, 0.5) is 14.5 Å². The quantitative estimate of drug-likeness (QED) is 0.695. The third-order valence-electron chi connectivity index (χ3n) is 2.98. The van der Waals surface area contributed by atoms with Crippen LogP contribution in [-0.4, -0.2) is 20.0 Å². The molecule has 0 aliphatic carbocycles. The van der Waals surface area contributed by atoms with Gasteiger partial charge in [-0.25, -0.2) is 8.78 Å². The molecule has 2 aromatic carbocycles. The van der Waals surface area contributed by atoms with Gasteiger partial charge >= 0.3 is 0 Å². The Bertz CT molecular complexity index is 702. The SMILES string of the molecule is COc1cc(F)c(C(=O)c2cc(F)ccc2N)cc1OC. The Balaban J connectivity index is 2.55. The zero-order chi connectivity index (χ0) is 15.6. The molecule has 0 aliphatic heterocycles. The van der Waals surface area contributed by atoms with Crippen LogP contribution in [-0.2, 0) is 0 Å². The highest BCUT2D eigenvalue weighted by Gasteiger charge is 2.20. The summed E-state index contributed by atoms with van der Waals surface area (Å²) in [5.74, 6) is -1.82. The van der Waals surface area contributed by atoms with Crippen molar-refractivity contribution in [3.8, 4) is 11.5 Å². The van der Waals surface area contributed by atoms with Crippen molar-refractivity contribution in [3.05, 3.63) is 53.1 Å². The van der Waals surface area contributed by atoms with Gasteiger partial charge in [-0.1, -0.05) is 0 Å². The molecule has 6 heteroatoms. The second-order valence-electron chi connectivity index (χ2n) is 4.25. The van der Waals surface area contributed by atoms with Crippen molar-refractivity contribution >= 4 is 11.5 Å². The van der Waals surface area contributed by atoms with Gasteiger partial charge in [0.2, 0.25) is 0 Å². The molecule has 0 aromatic heterocycles. The zero-order valence-corrected chi connectivity index (χ0v) is 11.4. The van der Waals surface area contributed by atoms with Crippen molar-refractivity contribution in [2.45, 2.75) is 0 Å². The molecule has 0 heterocycles. The third-order valence-corrected chi connectivity index (χ3v) is 2.98. The minimum absolute atomic E-state index is 0.0654. The first-order valence-electron chi connectivity index (χ1n) is 5.99. The highest BCUT2D eigenvalue weighted by molar-refractivity contribution is 6.12. The topological polar surface area (TPSA) is 61.5 Å². The summed E-state index contributed by atoms with van der Waals surface area (Å²) in [6, 6.07) is 5.56. The van der Waals surface area contributed by atoms with Crippen LogP contribution in [0.3, 0.4) is 0 Å². The molecule has 2 aromatic rings. The maximum absolute atomic E-state index is 14.0. The lowest BCUT2D eigenvalue weighted by Crippen LogP contribution is -2.09. The van der Waals surface area contributed by atoms with Crippen molar-refractivity contribution in [1.29, 1.82) is 0 Å². The fourth-order valence-corrected chi connectivity index (χ4v) is 1.90. The van der Waals surface area contributed by atoms with E-state index in [2.05, 4.69) is 0 Å². The first-order valence-corrected chi connectivity index (χ1v) is 5.99. The highest BCUT2D eigenvalue weighted by atomic mass is 19.1. The summed E-state index contributed by atoms with van der Waals surface area (Å²) in [5, 5.41) is 0. The Hall–Kier alpha value is -2.63. The number of halogens is 2. The summed E-state index contributed by atoms with van der Waals surface area (Å²) >= 11 is 0. The molecule has 0 unspecified atom stereocenters. The minimum atomic E-state index is -0.804. The number of anilines is 1. The van der Waals surface area contributed by atoms with Gasteiger partial charge < -0.3 is 15.2 Å². The van der Waals surface area contributed by atoms with Gasteiger partial charge in [-0.3, -0.25) is 4.79 Å². The summed E-state index contributed by atoms with van der Waals surface area (Å²) in [7, 11) is 2.71. The van der Waals surface area contributed by atoms with E-state index in [1.165, 1.54) is 26.4 Å². The molecule has 0 amide bonds. The summed E-state index contributed by atoms with van der Waals surface area (Å²) in [5.41, 5.74) is 5.32. The molecule has 4 nitrogen and oxygen atoms in total. The zero-order valence-electron chi connectivity index (χ0n) is 11.4. The Morgan fingerprint density at radius 3 is 2.24 bits per heavy atom. The molecule has 2 N–H and O–H groups in total. The van der Waals surface area contributed by atoms with Gasteiger partial charge in [-0.2, -0.15) is 0 Å². The molecule has 0 spiro atoms. The normalized spacial score (nSPS) is 10.3. The van der Waals surface area contributed by atoms with Crippen molar-refractivity contribution in [2.24, 2.45) is 0 Å². The Morgan fingerprint density at radius 1 is 1.00 bits per heavy atom. The maximum atomic E-state index is 14.0. The second-order valence-corrected chi connectivity index (χ2v) is 4.25. The molecule has 0 saturated heterocycles. The number of benzene rings is 2. The van der Waals surface area contributed by atoms with E-state index in [1.807, 2.05) is 0 Å². The lowest BCUT2D eigenvalue weighted by molar-refractivity contribution is 0.103. The van der Waals surface area contributed by atoms with E-state index in [4.69, 9.17) is 15.2 Å². The van der Waals surface area contributed by atoms with Crippen LogP contribution in [0.2, 0.25) is 0 Å². The van der Waals surface area contributed by atoms with Gasteiger partial charge in [-0.05, 0) is 24.3 Å². The molecule has 110 valence electrons. The van der Waals surface area contributed by atoms with Crippen molar-refractivity contribution in [3.63, 3.8) is 0 Å². The van der Waals surface area contributed by atoms with Gasteiger partial charge in [0, 0.05) is 17.3 Å². The number of hydrogen-bond donors (Lipinski definition) is 1. The molecule has 21 heavy (non-hydrogen) atoms. The smallest absolute Gasteiger partial charge is 0.198 e. The number of carbonyl (C=O) groups excluding carboxylic acids is 1. The molecular formula is C15H13F2NO3. The first-order chi connectivity index (χ1) is 9.97. The fraction of sp³-hybridized carbons (Fsp3) is 0.133. The monoisotopic (exact) mass is 293 g/mol. The standard InChI is InChI=1S/C15H13F2NO3/c1-20-13-6-9(11(17)7-14(13)21-2)15(19)10-5-8(16)3-4-12(10)18/h3-7H,18H2,1-2H3. The van der Waals surface area contributed by atoms with Crippen molar-refractivity contribution < 1.29 is 23.0 Å². The molecular weight excluding hydrogens is 280 g/mol. The van der Waals surface area contributed by atoms with E-state index < -0.39 is 17.4 Å². The molecule has 2 rings (SSSR count). The molecule has 0 radical (unpaired) electrons. The molecule has 0 saturated carbocycles. The van der Waals surface area contributed by atoms with Crippen LogP contribution in [0.1, 0.15) is 15.9 Å². The van der Waals surface area contributed by atoms with E-state index in [9.17, 15) is 13.6 Å². The molecule has 0 fully saturated rings. The van der Waals surface area contributed by atoms with E-state index >= 15 is 0 Å². The summed E-state index contributed by atoms with van der Waals surface area (Å²) in [6.07, 6.45) is 0. The average Bonchev–Trinajstić information content (AvgIpc) is 2.48. The second kappa shape index (κ2) is 5.78. The van der Waals surface area contributed by atoms with Crippen LogP contribution >= 0.6 is 0 Å². The predicted molar refractivity (Wildman–Crippen MR) is 73.7 cm³/mol. The number of rotatable bonds is 4. The number of ketones is 1. The van der Waals surface area contributed by atoms with Gasteiger partial charge in [0.1, 0.15) is 11.6 Å². The number of nitrogen functional groups attached to an aromatic ring is 1. The summed E-state index contributed by atoms with van der Waals surface area (Å²) in [6.45, 7) is 0. The number of methoxy groups -OCH3 is 2. The van der Waals surface area contributed by atoms with E-state index in [0.29, 0.717) is 0 Å². The largest absolute Gasteiger partial charge is 0.493 e. The first kappa shape index (κ1) is 14.8. The predicted octanol–water partition coefficient (Wildman–Crippen LogP) is 2.80. The van der Waals surface area contributed by atoms with E-state index in [-0.39, 0.29) is 28.3 Å². The van der Waals surface area contributed by atoms with Gasteiger partial charge in [-0.15, -0.1) is 0 Å². The average molecular weight is 293 g/mol. The number of hydrogen-bond acceptors (Lipinski definition) is 4. The van der Waals surface area contributed by atoms with Crippen molar-refractivity contribution in [1.82, 2.24) is 0 Å². The van der Waals surface area contributed by atoms with Gasteiger partial charge in [0.05, 0.1) is 19.8 Å². The number of ether oxygens (including phenoxy) is 2.